The third-order valence-electron chi connectivity index (χ3n) is 3.49. The van der Waals surface area contributed by atoms with E-state index in [-0.39, 0.29) is 11.8 Å². The summed E-state index contributed by atoms with van der Waals surface area (Å²) in [4.78, 5) is 26.2. The first-order valence-corrected chi connectivity index (χ1v) is 7.27. The molecular formula is C16H12BrNO4. The Morgan fingerprint density at radius 3 is 1.91 bits per heavy atom. The number of hydrogen-bond donors (Lipinski definition) is 0. The molecule has 0 aliphatic carbocycles. The molecule has 3 rings (SSSR count). The summed E-state index contributed by atoms with van der Waals surface area (Å²) in [5, 5.41) is 0. The van der Waals surface area contributed by atoms with E-state index in [1.54, 1.807) is 36.4 Å². The van der Waals surface area contributed by atoms with Crippen LogP contribution in [-0.4, -0.2) is 26.0 Å². The molecule has 0 spiro atoms. The molecule has 5 nitrogen and oxygen atoms in total. The van der Waals surface area contributed by atoms with Crippen molar-refractivity contribution < 1.29 is 19.1 Å². The first kappa shape index (κ1) is 14.6. The molecule has 2 amide bonds. The van der Waals surface area contributed by atoms with Gasteiger partial charge in [0, 0.05) is 16.6 Å². The van der Waals surface area contributed by atoms with Crippen molar-refractivity contribution in [2.75, 3.05) is 19.1 Å². The van der Waals surface area contributed by atoms with Gasteiger partial charge >= 0.3 is 0 Å². The van der Waals surface area contributed by atoms with E-state index in [2.05, 4.69) is 15.9 Å². The monoisotopic (exact) mass is 361 g/mol. The van der Waals surface area contributed by atoms with Crippen LogP contribution in [0.15, 0.2) is 40.9 Å². The van der Waals surface area contributed by atoms with Crippen molar-refractivity contribution in [3.8, 4) is 11.5 Å². The maximum absolute atomic E-state index is 12.5. The number of ether oxygens (including phenoxy) is 2. The number of nitrogens with zero attached hydrogens (tertiary/aromatic N) is 1. The van der Waals surface area contributed by atoms with Crippen molar-refractivity contribution in [3.05, 3.63) is 52.0 Å². The van der Waals surface area contributed by atoms with Crippen molar-refractivity contribution in [2.24, 2.45) is 0 Å². The SMILES string of the molecule is COc1cc(Br)c(N2C(=O)c3ccccc3C2=O)cc1OC. The van der Waals surface area contributed by atoms with E-state index >= 15 is 0 Å². The number of rotatable bonds is 3. The zero-order chi connectivity index (χ0) is 15.9. The van der Waals surface area contributed by atoms with Crippen LogP contribution in [0.1, 0.15) is 20.7 Å². The third-order valence-corrected chi connectivity index (χ3v) is 4.12. The number of methoxy groups -OCH3 is 2. The molecular weight excluding hydrogens is 350 g/mol. The topological polar surface area (TPSA) is 55.8 Å². The molecule has 0 bridgehead atoms. The molecule has 0 saturated heterocycles. The predicted molar refractivity (Wildman–Crippen MR) is 84.8 cm³/mol. The Kier molecular flexibility index (Phi) is 3.62. The summed E-state index contributed by atoms with van der Waals surface area (Å²) in [5.74, 6) is 0.244. The molecule has 0 unspecified atom stereocenters. The number of fused-ring (bicyclic) bond motifs is 1. The fourth-order valence-corrected chi connectivity index (χ4v) is 2.92. The number of hydrogen-bond acceptors (Lipinski definition) is 4. The van der Waals surface area contributed by atoms with Gasteiger partial charge in [0.15, 0.2) is 11.5 Å². The Morgan fingerprint density at radius 2 is 1.41 bits per heavy atom. The number of amides is 2. The number of benzene rings is 2. The van der Waals surface area contributed by atoms with Crippen molar-refractivity contribution in [3.63, 3.8) is 0 Å². The van der Waals surface area contributed by atoms with E-state index in [0.717, 1.165) is 4.90 Å². The Morgan fingerprint density at radius 1 is 0.909 bits per heavy atom. The first-order chi connectivity index (χ1) is 10.6. The number of carbonyl (C=O) groups is 2. The molecule has 22 heavy (non-hydrogen) atoms. The minimum absolute atomic E-state index is 0.353. The molecule has 1 aliphatic rings. The number of carbonyl (C=O) groups excluding carboxylic acids is 2. The van der Waals surface area contributed by atoms with Crippen molar-refractivity contribution in [2.45, 2.75) is 0 Å². The summed E-state index contributed by atoms with van der Waals surface area (Å²) in [7, 11) is 3.02. The summed E-state index contributed by atoms with van der Waals surface area (Å²) in [6.45, 7) is 0. The second kappa shape index (κ2) is 5.46. The highest BCUT2D eigenvalue weighted by Crippen LogP contribution is 2.40. The van der Waals surface area contributed by atoms with Gasteiger partial charge in [-0.1, -0.05) is 12.1 Å². The molecule has 0 fully saturated rings. The van der Waals surface area contributed by atoms with Crippen LogP contribution >= 0.6 is 15.9 Å². The number of halogens is 1. The largest absolute Gasteiger partial charge is 0.493 e. The first-order valence-electron chi connectivity index (χ1n) is 6.47. The van der Waals surface area contributed by atoms with Gasteiger partial charge in [0.25, 0.3) is 11.8 Å². The standard InChI is InChI=1S/C16H12BrNO4/c1-21-13-7-11(17)12(8-14(13)22-2)18-15(19)9-5-3-4-6-10(9)16(18)20/h3-8H,1-2H3. The van der Waals surface area contributed by atoms with Crippen molar-refractivity contribution in [1.82, 2.24) is 0 Å². The van der Waals surface area contributed by atoms with E-state index < -0.39 is 0 Å². The van der Waals surface area contributed by atoms with E-state index in [1.807, 2.05) is 0 Å². The van der Waals surface area contributed by atoms with Gasteiger partial charge in [-0.05, 0) is 28.1 Å². The zero-order valence-corrected chi connectivity index (χ0v) is 13.5. The van der Waals surface area contributed by atoms with Gasteiger partial charge in [-0.15, -0.1) is 0 Å². The van der Waals surface area contributed by atoms with Gasteiger partial charge < -0.3 is 9.47 Å². The quantitative estimate of drug-likeness (QED) is 0.787. The average Bonchev–Trinajstić information content (AvgIpc) is 2.79. The van der Waals surface area contributed by atoms with E-state index in [1.165, 1.54) is 14.2 Å². The lowest BCUT2D eigenvalue weighted by molar-refractivity contribution is 0.0926. The van der Waals surface area contributed by atoms with Gasteiger partial charge in [-0.3, -0.25) is 9.59 Å². The molecule has 112 valence electrons. The molecule has 6 heteroatoms. The molecule has 0 atom stereocenters. The van der Waals surface area contributed by atoms with Gasteiger partial charge in [0.2, 0.25) is 0 Å². The molecule has 2 aromatic rings. The second-order valence-corrected chi connectivity index (χ2v) is 5.50. The molecule has 0 radical (unpaired) electrons. The number of anilines is 1. The smallest absolute Gasteiger partial charge is 0.266 e. The maximum atomic E-state index is 12.5. The maximum Gasteiger partial charge on any atom is 0.266 e. The fraction of sp³-hybridized carbons (Fsp3) is 0.125. The van der Waals surface area contributed by atoms with Gasteiger partial charge in [-0.2, -0.15) is 0 Å². The van der Waals surface area contributed by atoms with Crippen LogP contribution in [0.5, 0.6) is 11.5 Å². The Bertz CT molecular complexity index is 753. The molecule has 2 aromatic carbocycles. The average molecular weight is 362 g/mol. The van der Waals surface area contributed by atoms with Crippen molar-refractivity contribution >= 4 is 33.4 Å². The summed E-state index contributed by atoms with van der Waals surface area (Å²) in [6.07, 6.45) is 0. The molecule has 0 aromatic heterocycles. The van der Waals surface area contributed by atoms with Crippen LogP contribution in [0.25, 0.3) is 0 Å². The summed E-state index contributed by atoms with van der Waals surface area (Å²) >= 11 is 3.38. The lowest BCUT2D eigenvalue weighted by atomic mass is 10.1. The lowest BCUT2D eigenvalue weighted by Crippen LogP contribution is -2.29. The minimum Gasteiger partial charge on any atom is -0.493 e. The summed E-state index contributed by atoms with van der Waals surface area (Å²) < 4.78 is 11.0. The lowest BCUT2D eigenvalue weighted by Gasteiger charge is -2.18. The Labute approximate surface area is 135 Å². The third kappa shape index (κ3) is 2.07. The zero-order valence-electron chi connectivity index (χ0n) is 11.9. The fourth-order valence-electron chi connectivity index (χ4n) is 2.42. The van der Waals surface area contributed by atoms with Crippen LogP contribution in [0, 0.1) is 0 Å². The van der Waals surface area contributed by atoms with Gasteiger partial charge in [-0.25, -0.2) is 4.90 Å². The van der Waals surface area contributed by atoms with Crippen LogP contribution < -0.4 is 14.4 Å². The molecule has 0 saturated carbocycles. The van der Waals surface area contributed by atoms with Crippen LogP contribution in [-0.2, 0) is 0 Å². The highest BCUT2D eigenvalue weighted by atomic mass is 79.9. The van der Waals surface area contributed by atoms with Gasteiger partial charge in [0.1, 0.15) is 0 Å². The normalized spacial score (nSPS) is 13.3. The van der Waals surface area contributed by atoms with Crippen LogP contribution in [0.4, 0.5) is 5.69 Å². The van der Waals surface area contributed by atoms with Crippen LogP contribution in [0.3, 0.4) is 0 Å². The van der Waals surface area contributed by atoms with E-state index in [4.69, 9.17) is 9.47 Å². The summed E-state index contributed by atoms with van der Waals surface area (Å²) in [5.41, 5.74) is 1.22. The van der Waals surface area contributed by atoms with Crippen LogP contribution in [0.2, 0.25) is 0 Å². The van der Waals surface area contributed by atoms with Gasteiger partial charge in [0.05, 0.1) is 31.0 Å². The Balaban J connectivity index is 2.14. The molecule has 0 N–H and O–H groups in total. The minimum atomic E-state index is -0.353. The molecule has 1 heterocycles. The highest BCUT2D eigenvalue weighted by Gasteiger charge is 2.37. The van der Waals surface area contributed by atoms with E-state index in [0.29, 0.717) is 32.8 Å². The summed E-state index contributed by atoms with van der Waals surface area (Å²) in [6, 6.07) is 10.0. The van der Waals surface area contributed by atoms with E-state index in [9.17, 15) is 9.59 Å². The second-order valence-electron chi connectivity index (χ2n) is 4.65. The number of imide groups is 1. The van der Waals surface area contributed by atoms with Crippen molar-refractivity contribution in [1.29, 1.82) is 0 Å². The highest BCUT2D eigenvalue weighted by molar-refractivity contribution is 9.10. The molecule has 1 aliphatic heterocycles. The Hall–Kier alpha value is -2.34. The predicted octanol–water partition coefficient (Wildman–Crippen LogP) is 3.27.